The molecular formula is C18H21FN4O. The fourth-order valence-corrected chi connectivity index (χ4v) is 4.30. The van der Waals surface area contributed by atoms with E-state index in [1.807, 2.05) is 13.0 Å². The van der Waals surface area contributed by atoms with Crippen LogP contribution in [0.25, 0.3) is 0 Å². The van der Waals surface area contributed by atoms with Crippen molar-refractivity contribution >= 4 is 11.8 Å². The highest BCUT2D eigenvalue weighted by atomic mass is 19.1. The first-order valence-electron chi connectivity index (χ1n) is 8.32. The first-order chi connectivity index (χ1) is 11.4. The molecule has 2 bridgehead atoms. The average Bonchev–Trinajstić information content (AvgIpc) is 2.79. The van der Waals surface area contributed by atoms with Crippen LogP contribution in [0.15, 0.2) is 30.3 Å². The summed E-state index contributed by atoms with van der Waals surface area (Å²) in [5.41, 5.74) is 6.52. The number of hydrogen-bond acceptors (Lipinski definition) is 5. The van der Waals surface area contributed by atoms with Crippen molar-refractivity contribution in [1.29, 1.82) is 0 Å². The third-order valence-corrected chi connectivity index (χ3v) is 5.27. The Balaban J connectivity index is 1.65. The molecule has 0 spiro atoms. The Morgan fingerprint density at radius 1 is 1.17 bits per heavy atom. The summed E-state index contributed by atoms with van der Waals surface area (Å²) in [4.78, 5) is 10.8. The lowest BCUT2D eigenvalue weighted by Gasteiger charge is -2.44. The van der Waals surface area contributed by atoms with Crippen molar-refractivity contribution in [2.24, 2.45) is 0 Å². The molecule has 2 aliphatic rings. The maximum Gasteiger partial charge on any atom is 0.222 e. The normalized spacial score (nSPS) is 29.0. The van der Waals surface area contributed by atoms with Crippen LogP contribution >= 0.6 is 0 Å². The molecule has 1 aromatic carbocycles. The molecule has 3 heterocycles. The van der Waals surface area contributed by atoms with Gasteiger partial charge in [-0.2, -0.15) is 4.98 Å². The van der Waals surface area contributed by atoms with E-state index >= 15 is 0 Å². The maximum atomic E-state index is 13.2. The van der Waals surface area contributed by atoms with Gasteiger partial charge in [-0.3, -0.25) is 0 Å². The van der Waals surface area contributed by atoms with Crippen LogP contribution in [-0.4, -0.2) is 27.2 Å². The molecule has 3 N–H and O–H groups in total. The lowest BCUT2D eigenvalue weighted by molar-refractivity contribution is -0.00323. The van der Waals surface area contributed by atoms with Gasteiger partial charge >= 0.3 is 0 Å². The Hall–Kier alpha value is -2.21. The molecule has 5 nitrogen and oxygen atoms in total. The molecule has 1 aromatic heterocycles. The number of rotatable bonds is 2. The van der Waals surface area contributed by atoms with Gasteiger partial charge in [0.1, 0.15) is 11.6 Å². The van der Waals surface area contributed by atoms with Gasteiger partial charge in [-0.1, -0.05) is 12.1 Å². The van der Waals surface area contributed by atoms with Crippen LogP contribution in [0, 0.1) is 12.7 Å². The second-order valence-corrected chi connectivity index (χ2v) is 6.96. The van der Waals surface area contributed by atoms with Gasteiger partial charge < -0.3 is 15.7 Å². The van der Waals surface area contributed by atoms with Gasteiger partial charge in [0.2, 0.25) is 5.95 Å². The number of hydrogen-bond donors (Lipinski definition) is 2. The number of benzene rings is 1. The Morgan fingerprint density at radius 2 is 1.79 bits per heavy atom. The minimum Gasteiger partial charge on any atom is -0.385 e. The van der Waals surface area contributed by atoms with Crippen molar-refractivity contribution in [3.05, 3.63) is 47.4 Å². The second kappa shape index (κ2) is 5.41. The number of aryl methyl sites for hydroxylation is 1. The molecule has 2 unspecified atom stereocenters. The zero-order chi connectivity index (χ0) is 16.9. The van der Waals surface area contributed by atoms with Gasteiger partial charge in [0.25, 0.3) is 0 Å². The van der Waals surface area contributed by atoms with Crippen molar-refractivity contribution in [3.8, 4) is 0 Å². The SMILES string of the molecule is Cc1cc(N2C3CCC2CC(O)(c2ccc(F)cc2)C3)nc(N)n1. The van der Waals surface area contributed by atoms with E-state index in [0.717, 1.165) is 29.9 Å². The van der Waals surface area contributed by atoms with Crippen LogP contribution in [0.2, 0.25) is 0 Å². The molecular weight excluding hydrogens is 307 g/mol. The number of aliphatic hydroxyl groups is 1. The van der Waals surface area contributed by atoms with E-state index in [1.54, 1.807) is 12.1 Å². The van der Waals surface area contributed by atoms with E-state index in [2.05, 4.69) is 14.9 Å². The zero-order valence-electron chi connectivity index (χ0n) is 13.6. The lowest BCUT2D eigenvalue weighted by Crippen LogP contribution is -2.50. The van der Waals surface area contributed by atoms with Crippen LogP contribution in [0.1, 0.15) is 36.9 Å². The summed E-state index contributed by atoms with van der Waals surface area (Å²) in [6.45, 7) is 1.91. The second-order valence-electron chi connectivity index (χ2n) is 6.96. The Kier molecular flexibility index (Phi) is 3.46. The fraction of sp³-hybridized carbons (Fsp3) is 0.444. The fourth-order valence-electron chi connectivity index (χ4n) is 4.30. The van der Waals surface area contributed by atoms with Gasteiger partial charge in [-0.25, -0.2) is 9.37 Å². The van der Waals surface area contributed by atoms with Gasteiger partial charge in [0.05, 0.1) is 5.60 Å². The molecule has 2 aliphatic heterocycles. The molecule has 4 rings (SSSR count). The summed E-state index contributed by atoms with van der Waals surface area (Å²) in [6, 6.07) is 8.56. The maximum absolute atomic E-state index is 13.2. The summed E-state index contributed by atoms with van der Waals surface area (Å²) >= 11 is 0. The van der Waals surface area contributed by atoms with E-state index in [1.165, 1.54) is 12.1 Å². The van der Waals surface area contributed by atoms with E-state index in [0.29, 0.717) is 12.8 Å². The van der Waals surface area contributed by atoms with Crippen molar-refractivity contribution < 1.29 is 9.50 Å². The summed E-state index contributed by atoms with van der Waals surface area (Å²) in [5.74, 6) is 0.840. The number of piperidine rings is 1. The van der Waals surface area contributed by atoms with Crippen LogP contribution < -0.4 is 10.6 Å². The summed E-state index contributed by atoms with van der Waals surface area (Å²) < 4.78 is 13.2. The molecule has 24 heavy (non-hydrogen) atoms. The van der Waals surface area contributed by atoms with Crippen LogP contribution in [-0.2, 0) is 5.60 Å². The Bertz CT molecular complexity index is 730. The minimum atomic E-state index is -0.913. The number of fused-ring (bicyclic) bond motifs is 2. The highest BCUT2D eigenvalue weighted by Gasteiger charge is 2.48. The highest BCUT2D eigenvalue weighted by molar-refractivity contribution is 5.48. The van der Waals surface area contributed by atoms with E-state index in [4.69, 9.17) is 5.73 Å². The summed E-state index contributed by atoms with van der Waals surface area (Å²) in [5, 5.41) is 11.2. The van der Waals surface area contributed by atoms with Crippen LogP contribution in [0.3, 0.4) is 0 Å². The third-order valence-electron chi connectivity index (χ3n) is 5.27. The van der Waals surface area contributed by atoms with E-state index in [9.17, 15) is 9.50 Å². The zero-order valence-corrected chi connectivity index (χ0v) is 13.6. The number of nitrogens with two attached hydrogens (primary N) is 1. The average molecular weight is 328 g/mol. The third kappa shape index (κ3) is 2.51. The Labute approximate surface area is 140 Å². The van der Waals surface area contributed by atoms with Gasteiger partial charge in [0.15, 0.2) is 0 Å². The van der Waals surface area contributed by atoms with E-state index < -0.39 is 5.60 Å². The number of nitrogens with zero attached hydrogens (tertiary/aromatic N) is 3. The molecule has 2 fully saturated rings. The molecule has 0 saturated carbocycles. The van der Waals surface area contributed by atoms with Crippen molar-refractivity contribution in [1.82, 2.24) is 9.97 Å². The van der Waals surface area contributed by atoms with E-state index in [-0.39, 0.29) is 23.8 Å². The number of nitrogen functional groups attached to an aromatic ring is 1. The number of anilines is 2. The molecule has 2 saturated heterocycles. The molecule has 2 aromatic rings. The monoisotopic (exact) mass is 328 g/mol. The van der Waals surface area contributed by atoms with Gasteiger partial charge in [-0.15, -0.1) is 0 Å². The van der Waals surface area contributed by atoms with Crippen LogP contribution in [0.5, 0.6) is 0 Å². The molecule has 0 aliphatic carbocycles. The summed E-state index contributed by atoms with van der Waals surface area (Å²) in [6.07, 6.45) is 3.24. The largest absolute Gasteiger partial charge is 0.385 e. The number of aromatic nitrogens is 2. The molecule has 0 amide bonds. The Morgan fingerprint density at radius 3 is 2.38 bits per heavy atom. The molecule has 126 valence electrons. The molecule has 6 heteroatoms. The smallest absolute Gasteiger partial charge is 0.222 e. The first kappa shape index (κ1) is 15.3. The lowest BCUT2D eigenvalue weighted by atomic mass is 9.80. The minimum absolute atomic E-state index is 0.201. The predicted molar refractivity (Wildman–Crippen MR) is 90.0 cm³/mol. The van der Waals surface area contributed by atoms with Crippen molar-refractivity contribution in [2.45, 2.75) is 50.3 Å². The standard InChI is InChI=1S/C18H21FN4O/c1-11-8-16(22-17(20)21-11)23-14-6-7-15(23)10-18(24,9-14)12-2-4-13(19)5-3-12/h2-5,8,14-15,24H,6-7,9-10H2,1H3,(H2,20,21,22). The van der Waals surface area contributed by atoms with Gasteiger partial charge in [-0.05, 0) is 37.5 Å². The molecule has 0 radical (unpaired) electrons. The molecule has 2 atom stereocenters. The summed E-state index contributed by atoms with van der Waals surface area (Å²) in [7, 11) is 0. The topological polar surface area (TPSA) is 75.3 Å². The quantitative estimate of drug-likeness (QED) is 0.886. The van der Waals surface area contributed by atoms with Crippen molar-refractivity contribution in [3.63, 3.8) is 0 Å². The number of halogens is 1. The predicted octanol–water partition coefficient (Wildman–Crippen LogP) is 2.53. The van der Waals surface area contributed by atoms with Crippen molar-refractivity contribution in [2.75, 3.05) is 10.6 Å². The van der Waals surface area contributed by atoms with Gasteiger partial charge in [0, 0.05) is 36.7 Å². The van der Waals surface area contributed by atoms with Crippen LogP contribution in [0.4, 0.5) is 16.2 Å². The first-order valence-corrected chi connectivity index (χ1v) is 8.32. The highest BCUT2D eigenvalue weighted by Crippen LogP contribution is 2.47.